The van der Waals surface area contributed by atoms with Crippen LogP contribution in [-0.2, 0) is 16.4 Å². The molecule has 1 aliphatic rings. The molecule has 110 valence electrons. The van der Waals surface area contributed by atoms with E-state index in [1.807, 2.05) is 52.0 Å². The molecule has 5 heteroatoms. The van der Waals surface area contributed by atoms with Crippen LogP contribution >= 0.6 is 0 Å². The minimum absolute atomic E-state index is 0.0198. The van der Waals surface area contributed by atoms with E-state index in [0.717, 1.165) is 16.4 Å². The van der Waals surface area contributed by atoms with Crippen LogP contribution in [0.4, 0.5) is 0 Å². The Morgan fingerprint density at radius 3 is 2.19 bits per heavy atom. The van der Waals surface area contributed by atoms with Crippen molar-refractivity contribution < 1.29 is 9.31 Å². The maximum absolute atomic E-state index is 11.8. The molecule has 0 atom stereocenters. The molecule has 0 amide bonds. The molecule has 1 saturated heterocycles. The molecule has 0 N–H and O–H groups in total. The number of pyridine rings is 1. The van der Waals surface area contributed by atoms with E-state index in [0.29, 0.717) is 0 Å². The van der Waals surface area contributed by atoms with Gasteiger partial charge in [0.1, 0.15) is 0 Å². The molecule has 1 fully saturated rings. The Balaban J connectivity index is 2.07. The molecule has 0 aliphatic carbocycles. The summed E-state index contributed by atoms with van der Waals surface area (Å²) in [7, 11) is 1.37. The monoisotopic (exact) mass is 285 g/mol. The normalized spacial score (nSPS) is 20.1. The second kappa shape index (κ2) is 4.45. The summed E-state index contributed by atoms with van der Waals surface area (Å²) in [6, 6.07) is 9.38. The van der Waals surface area contributed by atoms with Gasteiger partial charge in [0.2, 0.25) is 0 Å². The molecule has 2 heterocycles. The molecule has 1 aromatic carbocycles. The van der Waals surface area contributed by atoms with Crippen LogP contribution in [0.15, 0.2) is 35.1 Å². The van der Waals surface area contributed by atoms with E-state index in [2.05, 4.69) is 0 Å². The third kappa shape index (κ3) is 2.21. The fourth-order valence-corrected chi connectivity index (χ4v) is 2.51. The van der Waals surface area contributed by atoms with Gasteiger partial charge in [-0.2, -0.15) is 0 Å². The summed E-state index contributed by atoms with van der Waals surface area (Å²) in [5, 5.41) is 1.03. The first-order valence-electron chi connectivity index (χ1n) is 7.17. The zero-order chi connectivity index (χ0) is 15.4. The van der Waals surface area contributed by atoms with Gasteiger partial charge in [-0.15, -0.1) is 0 Å². The summed E-state index contributed by atoms with van der Waals surface area (Å²) in [6.07, 6.45) is 0. The van der Waals surface area contributed by atoms with Crippen LogP contribution in [0.5, 0.6) is 0 Å². The van der Waals surface area contributed by atoms with Gasteiger partial charge in [-0.3, -0.25) is 4.79 Å². The average Bonchev–Trinajstić information content (AvgIpc) is 2.63. The van der Waals surface area contributed by atoms with Crippen molar-refractivity contribution in [3.05, 3.63) is 40.7 Å². The maximum atomic E-state index is 11.8. The highest BCUT2D eigenvalue weighted by molar-refractivity contribution is 6.62. The van der Waals surface area contributed by atoms with Crippen molar-refractivity contribution in [1.29, 1.82) is 0 Å². The standard InChI is InChI=1S/C16H20BNO3/c1-15(2)16(3,4)21-17(20-15)12-8-6-11-7-9-14(19)18(5)13(11)10-12/h6-10H,1-5H3. The van der Waals surface area contributed by atoms with Crippen LogP contribution < -0.4 is 11.0 Å². The van der Waals surface area contributed by atoms with Gasteiger partial charge in [-0.25, -0.2) is 0 Å². The topological polar surface area (TPSA) is 40.5 Å². The Labute approximate surface area is 124 Å². The van der Waals surface area contributed by atoms with Gasteiger partial charge >= 0.3 is 7.12 Å². The Morgan fingerprint density at radius 1 is 1.00 bits per heavy atom. The molecule has 4 nitrogen and oxygen atoms in total. The summed E-state index contributed by atoms with van der Waals surface area (Å²) < 4.78 is 13.8. The Bertz CT molecular complexity index is 748. The molecule has 21 heavy (non-hydrogen) atoms. The summed E-state index contributed by atoms with van der Waals surface area (Å²) >= 11 is 0. The van der Waals surface area contributed by atoms with E-state index in [1.165, 1.54) is 0 Å². The van der Waals surface area contributed by atoms with Crippen LogP contribution in [0.2, 0.25) is 0 Å². The SMILES string of the molecule is Cn1c(=O)ccc2ccc(B3OC(C)(C)C(C)(C)O3)cc21. The number of nitrogens with zero attached hydrogens (tertiary/aromatic N) is 1. The Kier molecular flexibility index (Phi) is 3.04. The van der Waals surface area contributed by atoms with Crippen LogP contribution in [0.3, 0.4) is 0 Å². The lowest BCUT2D eigenvalue weighted by atomic mass is 9.78. The third-order valence-electron chi connectivity index (χ3n) is 4.68. The summed E-state index contributed by atoms with van der Waals surface area (Å²) in [5.74, 6) is 0. The van der Waals surface area contributed by atoms with Gasteiger partial charge in [0.25, 0.3) is 5.56 Å². The van der Waals surface area contributed by atoms with Gasteiger partial charge < -0.3 is 13.9 Å². The molecule has 1 aromatic heterocycles. The molecule has 2 aromatic rings. The van der Waals surface area contributed by atoms with E-state index in [-0.39, 0.29) is 16.8 Å². The highest BCUT2D eigenvalue weighted by Gasteiger charge is 2.51. The summed E-state index contributed by atoms with van der Waals surface area (Å²) in [5.41, 5.74) is 1.07. The van der Waals surface area contributed by atoms with Gasteiger partial charge in [-0.1, -0.05) is 12.1 Å². The first-order valence-corrected chi connectivity index (χ1v) is 7.17. The third-order valence-corrected chi connectivity index (χ3v) is 4.68. The molecule has 0 radical (unpaired) electrons. The molecular weight excluding hydrogens is 265 g/mol. The van der Waals surface area contributed by atoms with Crippen LogP contribution in [0.1, 0.15) is 27.7 Å². The lowest BCUT2D eigenvalue weighted by molar-refractivity contribution is 0.00578. The van der Waals surface area contributed by atoms with Crippen molar-refractivity contribution in [2.24, 2.45) is 7.05 Å². The summed E-state index contributed by atoms with van der Waals surface area (Å²) in [6.45, 7) is 8.13. The molecule has 3 rings (SSSR count). The minimum Gasteiger partial charge on any atom is -0.399 e. The second-order valence-corrected chi connectivity index (χ2v) is 6.64. The number of rotatable bonds is 1. The van der Waals surface area contributed by atoms with Gasteiger partial charge in [0.05, 0.1) is 16.7 Å². The maximum Gasteiger partial charge on any atom is 0.494 e. The number of hydrogen-bond donors (Lipinski definition) is 0. The molecular formula is C16H20BNO3. The quantitative estimate of drug-likeness (QED) is 0.751. The molecule has 1 aliphatic heterocycles. The van der Waals surface area contributed by atoms with Crippen LogP contribution in [0, 0.1) is 0 Å². The molecule has 0 spiro atoms. The van der Waals surface area contributed by atoms with Crippen molar-refractivity contribution in [1.82, 2.24) is 4.57 Å². The van der Waals surface area contributed by atoms with Crippen molar-refractivity contribution >= 4 is 23.5 Å². The van der Waals surface area contributed by atoms with Crippen LogP contribution in [-0.4, -0.2) is 22.9 Å². The number of aromatic nitrogens is 1. The lowest BCUT2D eigenvalue weighted by Crippen LogP contribution is -2.41. The molecule has 0 saturated carbocycles. The lowest BCUT2D eigenvalue weighted by Gasteiger charge is -2.32. The first kappa shape index (κ1) is 14.4. The van der Waals surface area contributed by atoms with E-state index < -0.39 is 7.12 Å². The summed E-state index contributed by atoms with van der Waals surface area (Å²) in [4.78, 5) is 11.8. The predicted octanol–water partition coefficient (Wildman–Crippen LogP) is 1.84. The number of hydrogen-bond acceptors (Lipinski definition) is 3. The number of benzene rings is 1. The Hall–Kier alpha value is -1.59. The van der Waals surface area contributed by atoms with E-state index >= 15 is 0 Å². The van der Waals surface area contributed by atoms with Crippen molar-refractivity contribution in [3.63, 3.8) is 0 Å². The van der Waals surface area contributed by atoms with Crippen molar-refractivity contribution in [2.45, 2.75) is 38.9 Å². The van der Waals surface area contributed by atoms with E-state index in [1.54, 1.807) is 17.7 Å². The first-order chi connectivity index (χ1) is 9.71. The Morgan fingerprint density at radius 2 is 1.57 bits per heavy atom. The minimum atomic E-state index is -0.408. The van der Waals surface area contributed by atoms with Crippen molar-refractivity contribution in [2.75, 3.05) is 0 Å². The van der Waals surface area contributed by atoms with Gasteiger partial charge in [-0.05, 0) is 50.7 Å². The molecule has 0 unspecified atom stereocenters. The van der Waals surface area contributed by atoms with Gasteiger partial charge in [0.15, 0.2) is 0 Å². The smallest absolute Gasteiger partial charge is 0.399 e. The highest BCUT2D eigenvalue weighted by Crippen LogP contribution is 2.36. The number of aryl methyl sites for hydroxylation is 1. The fourth-order valence-electron chi connectivity index (χ4n) is 2.51. The molecule has 0 bridgehead atoms. The second-order valence-electron chi connectivity index (χ2n) is 6.64. The largest absolute Gasteiger partial charge is 0.494 e. The van der Waals surface area contributed by atoms with E-state index in [9.17, 15) is 4.79 Å². The van der Waals surface area contributed by atoms with Crippen LogP contribution in [0.25, 0.3) is 10.9 Å². The zero-order valence-corrected chi connectivity index (χ0v) is 13.1. The highest BCUT2D eigenvalue weighted by atomic mass is 16.7. The van der Waals surface area contributed by atoms with E-state index in [4.69, 9.17) is 9.31 Å². The predicted molar refractivity (Wildman–Crippen MR) is 84.9 cm³/mol. The zero-order valence-electron chi connectivity index (χ0n) is 13.1. The number of fused-ring (bicyclic) bond motifs is 1. The fraction of sp³-hybridized carbons (Fsp3) is 0.438. The average molecular weight is 285 g/mol. The van der Waals surface area contributed by atoms with Crippen molar-refractivity contribution in [3.8, 4) is 0 Å². The van der Waals surface area contributed by atoms with Gasteiger partial charge in [0, 0.05) is 13.1 Å².